The Morgan fingerprint density at radius 1 is 1.12 bits per heavy atom. The van der Waals surface area contributed by atoms with E-state index in [1.54, 1.807) is 0 Å². The van der Waals surface area contributed by atoms with Crippen LogP contribution in [0.2, 0.25) is 0 Å². The SMILES string of the molecule is Cc1nc(C(=O)NCc2cccc(CC(=O)N3CCCC3C(=O)O)c2)sc1-c1ccccc1. The Balaban J connectivity index is 1.38. The molecule has 8 heteroatoms. The number of likely N-dealkylation sites (tertiary alicyclic amines) is 1. The summed E-state index contributed by atoms with van der Waals surface area (Å²) in [5.41, 5.74) is 3.51. The monoisotopic (exact) mass is 463 g/mol. The lowest BCUT2D eigenvalue weighted by Crippen LogP contribution is -2.41. The van der Waals surface area contributed by atoms with Gasteiger partial charge in [-0.1, -0.05) is 54.6 Å². The number of hydrogen-bond acceptors (Lipinski definition) is 5. The summed E-state index contributed by atoms with van der Waals surface area (Å²) in [6, 6.07) is 16.5. The number of carbonyl (C=O) groups is 3. The fraction of sp³-hybridized carbons (Fsp3) is 0.280. The molecule has 0 bridgehead atoms. The van der Waals surface area contributed by atoms with Crippen molar-refractivity contribution >= 4 is 29.1 Å². The van der Waals surface area contributed by atoms with Crippen molar-refractivity contribution in [1.82, 2.24) is 15.2 Å². The minimum absolute atomic E-state index is 0.137. The molecular formula is C25H25N3O4S. The number of nitrogens with zero attached hydrogens (tertiary/aromatic N) is 2. The molecule has 0 saturated carbocycles. The number of aliphatic carboxylic acids is 1. The first-order chi connectivity index (χ1) is 15.9. The van der Waals surface area contributed by atoms with Crippen LogP contribution in [0.4, 0.5) is 0 Å². The molecule has 2 heterocycles. The number of benzene rings is 2. The summed E-state index contributed by atoms with van der Waals surface area (Å²) in [4.78, 5) is 43.5. The summed E-state index contributed by atoms with van der Waals surface area (Å²) in [5.74, 6) is -1.38. The van der Waals surface area contributed by atoms with Gasteiger partial charge in [0.15, 0.2) is 5.01 Å². The van der Waals surface area contributed by atoms with E-state index < -0.39 is 12.0 Å². The summed E-state index contributed by atoms with van der Waals surface area (Å²) in [6.45, 7) is 2.68. The molecule has 1 aliphatic heterocycles. The molecule has 1 aliphatic rings. The summed E-state index contributed by atoms with van der Waals surface area (Å²) in [5, 5.41) is 12.6. The molecule has 7 nitrogen and oxygen atoms in total. The first-order valence-corrected chi connectivity index (χ1v) is 11.6. The number of hydrogen-bond donors (Lipinski definition) is 2. The zero-order chi connectivity index (χ0) is 23.4. The molecule has 0 spiro atoms. The fourth-order valence-electron chi connectivity index (χ4n) is 4.06. The van der Waals surface area contributed by atoms with Crippen molar-refractivity contribution < 1.29 is 19.5 Å². The lowest BCUT2D eigenvalue weighted by molar-refractivity contribution is -0.148. The van der Waals surface area contributed by atoms with Gasteiger partial charge in [0.1, 0.15) is 6.04 Å². The molecule has 1 saturated heterocycles. The number of rotatable bonds is 7. The second-order valence-electron chi connectivity index (χ2n) is 8.06. The topological polar surface area (TPSA) is 99.6 Å². The van der Waals surface area contributed by atoms with Crippen LogP contribution >= 0.6 is 11.3 Å². The number of aromatic nitrogens is 1. The van der Waals surface area contributed by atoms with Gasteiger partial charge in [0.05, 0.1) is 17.0 Å². The Bertz CT molecular complexity index is 1180. The van der Waals surface area contributed by atoms with Crippen molar-refractivity contribution in [1.29, 1.82) is 0 Å². The Kier molecular flexibility index (Phi) is 6.84. The highest BCUT2D eigenvalue weighted by atomic mass is 32.1. The number of thiazole rings is 1. The van der Waals surface area contributed by atoms with Gasteiger partial charge in [-0.15, -0.1) is 11.3 Å². The highest BCUT2D eigenvalue weighted by Crippen LogP contribution is 2.29. The van der Waals surface area contributed by atoms with E-state index >= 15 is 0 Å². The Labute approximate surface area is 196 Å². The largest absolute Gasteiger partial charge is 0.480 e. The van der Waals surface area contributed by atoms with Gasteiger partial charge < -0.3 is 15.3 Å². The predicted molar refractivity (Wildman–Crippen MR) is 126 cm³/mol. The van der Waals surface area contributed by atoms with Gasteiger partial charge in [0.2, 0.25) is 5.91 Å². The predicted octanol–water partition coefficient (Wildman–Crippen LogP) is 3.67. The van der Waals surface area contributed by atoms with Crippen LogP contribution in [0, 0.1) is 6.92 Å². The van der Waals surface area contributed by atoms with Crippen LogP contribution in [0.5, 0.6) is 0 Å². The maximum Gasteiger partial charge on any atom is 0.326 e. The third kappa shape index (κ3) is 5.28. The van der Waals surface area contributed by atoms with Gasteiger partial charge in [-0.05, 0) is 36.5 Å². The number of nitrogens with one attached hydrogen (secondary N) is 1. The minimum atomic E-state index is -0.954. The molecule has 33 heavy (non-hydrogen) atoms. The lowest BCUT2D eigenvalue weighted by atomic mass is 10.1. The Hall–Kier alpha value is -3.52. The van der Waals surface area contributed by atoms with Crippen LogP contribution in [0.25, 0.3) is 10.4 Å². The number of amides is 2. The normalized spacial score (nSPS) is 15.4. The van der Waals surface area contributed by atoms with Crippen molar-refractivity contribution in [2.24, 2.45) is 0 Å². The summed E-state index contributed by atoms with van der Waals surface area (Å²) >= 11 is 1.36. The second kappa shape index (κ2) is 9.95. The third-order valence-corrected chi connectivity index (χ3v) is 6.89. The number of carbonyl (C=O) groups excluding carboxylic acids is 2. The first kappa shape index (κ1) is 22.7. The van der Waals surface area contributed by atoms with Crippen molar-refractivity contribution in [3.63, 3.8) is 0 Å². The molecule has 1 fully saturated rings. The van der Waals surface area contributed by atoms with E-state index in [-0.39, 0.29) is 18.2 Å². The van der Waals surface area contributed by atoms with Crippen LogP contribution in [0.3, 0.4) is 0 Å². The van der Waals surface area contributed by atoms with Crippen molar-refractivity contribution in [3.8, 4) is 10.4 Å². The Morgan fingerprint density at radius 3 is 2.64 bits per heavy atom. The van der Waals surface area contributed by atoms with Gasteiger partial charge in [-0.2, -0.15) is 0 Å². The van der Waals surface area contributed by atoms with Crippen molar-refractivity contribution in [3.05, 3.63) is 76.4 Å². The molecule has 2 amide bonds. The first-order valence-electron chi connectivity index (χ1n) is 10.8. The average molecular weight is 464 g/mol. The van der Waals surface area contributed by atoms with Crippen LogP contribution in [-0.4, -0.2) is 45.4 Å². The summed E-state index contributed by atoms with van der Waals surface area (Å²) in [6.07, 6.45) is 1.34. The van der Waals surface area contributed by atoms with Gasteiger partial charge in [-0.25, -0.2) is 9.78 Å². The van der Waals surface area contributed by atoms with Crippen LogP contribution in [0.1, 0.15) is 39.5 Å². The van der Waals surface area contributed by atoms with E-state index in [0.717, 1.165) is 27.3 Å². The maximum atomic E-state index is 12.7. The molecule has 2 N–H and O–H groups in total. The minimum Gasteiger partial charge on any atom is -0.480 e. The summed E-state index contributed by atoms with van der Waals surface area (Å²) in [7, 11) is 0. The third-order valence-electron chi connectivity index (χ3n) is 5.68. The van der Waals surface area contributed by atoms with Crippen molar-refractivity contribution in [2.45, 2.75) is 38.8 Å². The van der Waals surface area contributed by atoms with E-state index in [2.05, 4.69) is 10.3 Å². The molecule has 4 rings (SSSR count). The zero-order valence-corrected chi connectivity index (χ0v) is 19.1. The average Bonchev–Trinajstić information content (AvgIpc) is 3.46. The molecule has 0 radical (unpaired) electrons. The van der Waals surface area contributed by atoms with E-state index in [4.69, 9.17) is 0 Å². The number of aryl methyl sites for hydroxylation is 1. The van der Waals surface area contributed by atoms with E-state index in [9.17, 15) is 19.5 Å². The van der Waals surface area contributed by atoms with Crippen LogP contribution in [-0.2, 0) is 22.6 Å². The molecule has 1 atom stereocenters. The molecular weight excluding hydrogens is 438 g/mol. The standard InChI is InChI=1S/C25H25N3O4S/c1-16-22(19-9-3-2-4-10-19)33-24(27-16)23(30)26-15-18-8-5-7-17(13-18)14-21(29)28-12-6-11-20(28)25(31)32/h2-5,7-10,13,20H,6,11-12,14-15H2,1H3,(H,26,30)(H,31,32). The lowest BCUT2D eigenvalue weighted by Gasteiger charge is -2.21. The Morgan fingerprint density at radius 2 is 1.88 bits per heavy atom. The van der Waals surface area contributed by atoms with Gasteiger partial charge in [0.25, 0.3) is 5.91 Å². The maximum absolute atomic E-state index is 12.7. The molecule has 0 aliphatic carbocycles. The van der Waals surface area contributed by atoms with E-state index in [1.807, 2.05) is 61.5 Å². The van der Waals surface area contributed by atoms with Gasteiger partial charge >= 0.3 is 5.97 Å². The van der Waals surface area contributed by atoms with Gasteiger partial charge in [-0.3, -0.25) is 9.59 Å². The van der Waals surface area contributed by atoms with Gasteiger partial charge in [0, 0.05) is 13.1 Å². The van der Waals surface area contributed by atoms with Crippen molar-refractivity contribution in [2.75, 3.05) is 6.54 Å². The highest BCUT2D eigenvalue weighted by Gasteiger charge is 2.33. The number of carboxylic acids is 1. The fourth-order valence-corrected chi connectivity index (χ4v) is 5.04. The molecule has 1 aromatic heterocycles. The zero-order valence-electron chi connectivity index (χ0n) is 18.3. The second-order valence-corrected chi connectivity index (χ2v) is 9.06. The summed E-state index contributed by atoms with van der Waals surface area (Å²) < 4.78 is 0. The quantitative estimate of drug-likeness (QED) is 0.557. The van der Waals surface area contributed by atoms with E-state index in [0.29, 0.717) is 30.9 Å². The highest BCUT2D eigenvalue weighted by molar-refractivity contribution is 7.17. The molecule has 2 aromatic carbocycles. The molecule has 1 unspecified atom stereocenters. The van der Waals surface area contributed by atoms with Crippen LogP contribution in [0.15, 0.2) is 54.6 Å². The van der Waals surface area contributed by atoms with Crippen LogP contribution < -0.4 is 5.32 Å². The molecule has 170 valence electrons. The van der Waals surface area contributed by atoms with E-state index in [1.165, 1.54) is 16.2 Å². The molecule has 3 aromatic rings. The number of carboxylic acid groups (broad SMARTS) is 1. The smallest absolute Gasteiger partial charge is 0.326 e.